The summed E-state index contributed by atoms with van der Waals surface area (Å²) in [6.45, 7) is 8.25. The van der Waals surface area contributed by atoms with Crippen LogP contribution in [0.4, 0.5) is 10.5 Å². The van der Waals surface area contributed by atoms with Crippen LogP contribution in [0.5, 0.6) is 0 Å². The van der Waals surface area contributed by atoms with Crippen LogP contribution in [0.3, 0.4) is 0 Å². The molecule has 0 atom stereocenters. The van der Waals surface area contributed by atoms with Gasteiger partial charge in [0.2, 0.25) is 0 Å². The third kappa shape index (κ3) is 6.95. The molecule has 3 aromatic rings. The van der Waals surface area contributed by atoms with Crippen LogP contribution in [-0.2, 0) is 5.41 Å². The van der Waals surface area contributed by atoms with Crippen molar-refractivity contribution in [3.63, 3.8) is 0 Å². The zero-order valence-corrected chi connectivity index (χ0v) is 19.9. The number of rotatable bonds is 5. The van der Waals surface area contributed by atoms with Crippen molar-refractivity contribution in [1.82, 2.24) is 10.0 Å². The average molecular weight is 462 g/mol. The Morgan fingerprint density at radius 3 is 1.85 bits per heavy atom. The van der Waals surface area contributed by atoms with Crippen molar-refractivity contribution >= 4 is 35.5 Å². The number of carbonyl (C=O) groups is 3. The van der Waals surface area contributed by atoms with E-state index >= 15 is 0 Å². The van der Waals surface area contributed by atoms with Crippen molar-refractivity contribution in [2.45, 2.75) is 38.0 Å². The highest BCUT2D eigenvalue weighted by Crippen LogP contribution is 2.22. The molecule has 3 aromatic carbocycles. The lowest BCUT2D eigenvalue weighted by atomic mass is 9.87. The summed E-state index contributed by atoms with van der Waals surface area (Å²) in [5.41, 5.74) is 3.82. The lowest BCUT2D eigenvalue weighted by Gasteiger charge is -2.19. The third-order valence-electron chi connectivity index (χ3n) is 4.93. The number of carbonyl (C=O) groups excluding carboxylic acids is 3. The molecule has 33 heavy (non-hydrogen) atoms. The molecule has 0 aliphatic carbocycles. The van der Waals surface area contributed by atoms with E-state index < -0.39 is 11.9 Å². The predicted molar refractivity (Wildman–Crippen MR) is 133 cm³/mol. The van der Waals surface area contributed by atoms with E-state index in [1.54, 1.807) is 48.5 Å². The van der Waals surface area contributed by atoms with Crippen LogP contribution in [0.15, 0.2) is 77.7 Å². The molecule has 3 N–H and O–H groups in total. The third-order valence-corrected chi connectivity index (χ3v) is 5.72. The molecule has 0 bridgehead atoms. The van der Waals surface area contributed by atoms with Gasteiger partial charge in [0, 0.05) is 21.7 Å². The highest BCUT2D eigenvalue weighted by molar-refractivity contribution is 7.98. The van der Waals surface area contributed by atoms with Gasteiger partial charge >= 0.3 is 6.03 Å². The van der Waals surface area contributed by atoms with Gasteiger partial charge in [-0.25, -0.2) is 4.79 Å². The van der Waals surface area contributed by atoms with Gasteiger partial charge in [-0.3, -0.25) is 19.6 Å². The molecule has 0 saturated heterocycles. The van der Waals surface area contributed by atoms with Gasteiger partial charge < -0.3 is 5.32 Å². The first-order valence-electron chi connectivity index (χ1n) is 10.5. The molecule has 6 nitrogen and oxygen atoms in total. The Morgan fingerprint density at radius 1 is 0.727 bits per heavy atom. The van der Waals surface area contributed by atoms with Crippen LogP contribution in [0, 0.1) is 6.92 Å². The summed E-state index contributed by atoms with van der Waals surface area (Å²) in [7, 11) is 0. The standard InChI is InChI=1S/C26H27N3O3S/c1-17-5-7-18(8-6-17)23(30)27-21-13-15-22(16-14-21)33-29-25(32)28-24(31)19-9-11-20(12-10-19)26(2,3)4/h5-16H,1-4H3,(H,27,30)(H2,28,29,31,32). The summed E-state index contributed by atoms with van der Waals surface area (Å²) in [5.74, 6) is -0.662. The number of aryl methyl sites for hydroxylation is 1. The van der Waals surface area contributed by atoms with Crippen molar-refractivity contribution in [2.24, 2.45) is 0 Å². The number of amides is 4. The molecule has 0 heterocycles. The summed E-state index contributed by atoms with van der Waals surface area (Å²) in [6, 6.07) is 20.9. The molecule has 0 radical (unpaired) electrons. The van der Waals surface area contributed by atoms with Gasteiger partial charge in [0.25, 0.3) is 11.8 Å². The van der Waals surface area contributed by atoms with Gasteiger partial charge in [0.05, 0.1) is 0 Å². The maximum Gasteiger partial charge on any atom is 0.331 e. The minimum Gasteiger partial charge on any atom is -0.322 e. The highest BCUT2D eigenvalue weighted by atomic mass is 32.2. The van der Waals surface area contributed by atoms with Crippen LogP contribution in [0.2, 0.25) is 0 Å². The quantitative estimate of drug-likeness (QED) is 0.426. The maximum absolute atomic E-state index is 12.3. The van der Waals surface area contributed by atoms with Crippen LogP contribution in [-0.4, -0.2) is 17.8 Å². The first-order chi connectivity index (χ1) is 15.6. The van der Waals surface area contributed by atoms with E-state index in [0.717, 1.165) is 28.0 Å². The minimum atomic E-state index is -0.610. The Hall–Kier alpha value is -3.58. The molecule has 7 heteroatoms. The molecule has 0 fully saturated rings. The van der Waals surface area contributed by atoms with Gasteiger partial charge in [0.1, 0.15) is 0 Å². The lowest BCUT2D eigenvalue weighted by molar-refractivity contribution is 0.0964. The van der Waals surface area contributed by atoms with E-state index in [1.165, 1.54) is 0 Å². The van der Waals surface area contributed by atoms with Crippen molar-refractivity contribution in [1.29, 1.82) is 0 Å². The molecule has 0 spiro atoms. The number of benzene rings is 3. The van der Waals surface area contributed by atoms with E-state index in [-0.39, 0.29) is 11.3 Å². The topological polar surface area (TPSA) is 87.3 Å². The molecular formula is C26H27N3O3S. The Labute approximate surface area is 198 Å². The summed E-state index contributed by atoms with van der Waals surface area (Å²) < 4.78 is 2.59. The lowest BCUT2D eigenvalue weighted by Crippen LogP contribution is -2.36. The molecule has 3 rings (SSSR count). The molecule has 0 aliphatic rings. The Kier molecular flexibility index (Phi) is 7.55. The first kappa shape index (κ1) is 24.1. The number of urea groups is 1. The van der Waals surface area contributed by atoms with Crippen molar-refractivity contribution in [2.75, 3.05) is 5.32 Å². The van der Waals surface area contributed by atoms with Gasteiger partial charge in [-0.15, -0.1) is 0 Å². The van der Waals surface area contributed by atoms with Gasteiger partial charge in [0.15, 0.2) is 0 Å². The average Bonchev–Trinajstić information content (AvgIpc) is 2.78. The van der Waals surface area contributed by atoms with Gasteiger partial charge in [-0.1, -0.05) is 50.6 Å². The molecule has 0 saturated carbocycles. The van der Waals surface area contributed by atoms with Crippen LogP contribution in [0.1, 0.15) is 52.6 Å². The second kappa shape index (κ2) is 10.4. The summed E-state index contributed by atoms with van der Waals surface area (Å²) in [6.07, 6.45) is 0. The van der Waals surface area contributed by atoms with Crippen LogP contribution < -0.4 is 15.4 Å². The molecule has 0 unspecified atom stereocenters. The van der Waals surface area contributed by atoms with E-state index in [9.17, 15) is 14.4 Å². The number of hydrogen-bond donors (Lipinski definition) is 3. The highest BCUT2D eigenvalue weighted by Gasteiger charge is 2.15. The van der Waals surface area contributed by atoms with Crippen LogP contribution in [0.25, 0.3) is 0 Å². The monoisotopic (exact) mass is 461 g/mol. The molecular weight excluding hydrogens is 434 g/mol. The number of nitrogens with one attached hydrogen (secondary N) is 3. The fourth-order valence-electron chi connectivity index (χ4n) is 2.94. The number of hydrogen-bond acceptors (Lipinski definition) is 4. The smallest absolute Gasteiger partial charge is 0.322 e. The summed E-state index contributed by atoms with van der Waals surface area (Å²) in [4.78, 5) is 37.4. The van der Waals surface area contributed by atoms with Crippen molar-refractivity contribution in [3.8, 4) is 0 Å². The second-order valence-electron chi connectivity index (χ2n) is 8.66. The summed E-state index contributed by atoms with van der Waals surface area (Å²) in [5, 5.41) is 5.15. The zero-order chi connectivity index (χ0) is 24.0. The molecule has 0 aliphatic heterocycles. The molecule has 0 aromatic heterocycles. The van der Waals surface area contributed by atoms with E-state index in [4.69, 9.17) is 0 Å². The Balaban J connectivity index is 1.48. The second-order valence-corrected chi connectivity index (χ2v) is 9.54. The maximum atomic E-state index is 12.3. The van der Waals surface area contributed by atoms with Crippen LogP contribution >= 0.6 is 11.9 Å². The summed E-state index contributed by atoms with van der Waals surface area (Å²) >= 11 is 1.07. The minimum absolute atomic E-state index is 0.0119. The molecule has 170 valence electrons. The Bertz CT molecular complexity index is 1130. The number of anilines is 1. The Morgan fingerprint density at radius 2 is 1.27 bits per heavy atom. The number of imide groups is 1. The van der Waals surface area contributed by atoms with E-state index in [2.05, 4.69) is 36.1 Å². The fraction of sp³-hybridized carbons (Fsp3) is 0.192. The van der Waals surface area contributed by atoms with Gasteiger partial charge in [-0.05, 0) is 78.4 Å². The largest absolute Gasteiger partial charge is 0.331 e. The van der Waals surface area contributed by atoms with Crippen molar-refractivity contribution in [3.05, 3.63) is 95.1 Å². The zero-order valence-electron chi connectivity index (χ0n) is 19.1. The normalized spacial score (nSPS) is 10.9. The predicted octanol–water partition coefficient (Wildman–Crippen LogP) is 5.69. The van der Waals surface area contributed by atoms with E-state index in [0.29, 0.717) is 16.8 Å². The first-order valence-corrected chi connectivity index (χ1v) is 11.3. The van der Waals surface area contributed by atoms with Gasteiger partial charge in [-0.2, -0.15) is 0 Å². The van der Waals surface area contributed by atoms with Crippen molar-refractivity contribution < 1.29 is 14.4 Å². The molecule has 4 amide bonds. The van der Waals surface area contributed by atoms with E-state index in [1.807, 2.05) is 31.2 Å². The SMILES string of the molecule is Cc1ccc(C(=O)Nc2ccc(SNC(=O)NC(=O)c3ccc(C(C)(C)C)cc3)cc2)cc1. The fourth-order valence-corrected chi connectivity index (χ4v) is 3.48.